The van der Waals surface area contributed by atoms with E-state index in [1.54, 1.807) is 4.90 Å². The summed E-state index contributed by atoms with van der Waals surface area (Å²) in [5.74, 6) is -0.332. The summed E-state index contributed by atoms with van der Waals surface area (Å²) in [6, 6.07) is 9.49. The minimum atomic E-state index is -4.50. The highest BCUT2D eigenvalue weighted by molar-refractivity contribution is 6.07. The Hall–Kier alpha value is -2.37. The number of para-hydroxylation sites is 1. The van der Waals surface area contributed by atoms with Crippen LogP contribution >= 0.6 is 0 Å². The van der Waals surface area contributed by atoms with Gasteiger partial charge in [0.25, 0.3) is 5.91 Å². The normalized spacial score (nSPS) is 14.1. The lowest BCUT2D eigenvalue weighted by atomic mass is 10.2. The highest BCUT2D eigenvalue weighted by Crippen LogP contribution is 2.30. The maximum atomic E-state index is 12.5. The van der Waals surface area contributed by atoms with E-state index in [2.05, 4.69) is 4.98 Å². The van der Waals surface area contributed by atoms with E-state index in [9.17, 15) is 18.0 Å². The van der Waals surface area contributed by atoms with Crippen LogP contribution in [-0.2, 0) is 12.6 Å². The molecule has 0 saturated heterocycles. The molecular formula is C15H11F3N2O. The summed E-state index contributed by atoms with van der Waals surface area (Å²) in [7, 11) is 0. The average Bonchev–Trinajstić information content (AvgIpc) is 2.90. The number of carbonyl (C=O) groups is 1. The van der Waals surface area contributed by atoms with Crippen LogP contribution in [0, 0.1) is 0 Å². The van der Waals surface area contributed by atoms with Crippen LogP contribution in [0.15, 0.2) is 42.6 Å². The van der Waals surface area contributed by atoms with Gasteiger partial charge in [-0.25, -0.2) is 0 Å². The van der Waals surface area contributed by atoms with E-state index in [1.165, 1.54) is 6.07 Å². The van der Waals surface area contributed by atoms with Gasteiger partial charge in [0.1, 0.15) is 5.69 Å². The number of nitrogens with zero attached hydrogens (tertiary/aromatic N) is 2. The Morgan fingerprint density at radius 3 is 2.57 bits per heavy atom. The zero-order chi connectivity index (χ0) is 15.0. The van der Waals surface area contributed by atoms with Crippen molar-refractivity contribution >= 4 is 11.6 Å². The van der Waals surface area contributed by atoms with Crippen molar-refractivity contribution in [1.29, 1.82) is 0 Å². The Morgan fingerprint density at radius 2 is 1.90 bits per heavy atom. The van der Waals surface area contributed by atoms with E-state index < -0.39 is 11.9 Å². The second-order valence-corrected chi connectivity index (χ2v) is 4.77. The summed E-state index contributed by atoms with van der Waals surface area (Å²) in [6.45, 7) is 0.527. The molecule has 0 N–H and O–H groups in total. The Bertz CT molecular complexity index is 680. The Kier molecular flexibility index (Phi) is 3.16. The number of fused-ring (bicyclic) bond motifs is 1. The van der Waals surface area contributed by atoms with Gasteiger partial charge in [0.15, 0.2) is 0 Å². The van der Waals surface area contributed by atoms with Gasteiger partial charge in [-0.05, 0) is 30.2 Å². The Balaban J connectivity index is 1.87. The molecule has 1 amide bonds. The van der Waals surface area contributed by atoms with E-state index >= 15 is 0 Å². The number of amides is 1. The van der Waals surface area contributed by atoms with Crippen LogP contribution in [0.4, 0.5) is 18.9 Å². The van der Waals surface area contributed by atoms with Crippen molar-refractivity contribution in [2.24, 2.45) is 0 Å². The number of rotatable bonds is 1. The molecule has 0 fully saturated rings. The van der Waals surface area contributed by atoms with Crippen LogP contribution in [0.3, 0.4) is 0 Å². The van der Waals surface area contributed by atoms with E-state index in [-0.39, 0.29) is 11.5 Å². The van der Waals surface area contributed by atoms with Crippen molar-refractivity contribution in [1.82, 2.24) is 4.98 Å². The molecule has 1 aliphatic heterocycles. The summed E-state index contributed by atoms with van der Waals surface area (Å²) in [4.78, 5) is 17.3. The first-order valence-electron chi connectivity index (χ1n) is 6.40. The first-order valence-corrected chi connectivity index (χ1v) is 6.40. The number of benzene rings is 1. The molecule has 0 atom stereocenters. The molecule has 0 aliphatic carbocycles. The molecule has 3 rings (SSSR count). The molecule has 6 heteroatoms. The van der Waals surface area contributed by atoms with Gasteiger partial charge in [0.05, 0.1) is 5.56 Å². The largest absolute Gasteiger partial charge is 0.433 e. The highest BCUT2D eigenvalue weighted by Gasteiger charge is 2.33. The van der Waals surface area contributed by atoms with Crippen LogP contribution in [0.5, 0.6) is 0 Å². The van der Waals surface area contributed by atoms with Crippen molar-refractivity contribution in [3.63, 3.8) is 0 Å². The summed E-state index contributed by atoms with van der Waals surface area (Å²) < 4.78 is 37.4. The quantitative estimate of drug-likeness (QED) is 0.808. The number of hydrogen-bond donors (Lipinski definition) is 0. The molecule has 108 valence electrons. The summed E-state index contributed by atoms with van der Waals surface area (Å²) in [6.07, 6.45) is -2.77. The highest BCUT2D eigenvalue weighted by atomic mass is 19.4. The summed E-state index contributed by atoms with van der Waals surface area (Å²) >= 11 is 0. The van der Waals surface area contributed by atoms with Crippen molar-refractivity contribution in [3.05, 3.63) is 59.4 Å². The average molecular weight is 292 g/mol. The van der Waals surface area contributed by atoms with E-state index in [0.717, 1.165) is 29.9 Å². The zero-order valence-electron chi connectivity index (χ0n) is 10.9. The van der Waals surface area contributed by atoms with Gasteiger partial charge in [-0.2, -0.15) is 13.2 Å². The Morgan fingerprint density at radius 1 is 1.14 bits per heavy atom. The molecule has 21 heavy (non-hydrogen) atoms. The molecule has 2 aromatic rings. The third kappa shape index (κ3) is 2.49. The van der Waals surface area contributed by atoms with Crippen LogP contribution in [-0.4, -0.2) is 17.4 Å². The van der Waals surface area contributed by atoms with Crippen LogP contribution in [0.1, 0.15) is 21.6 Å². The summed E-state index contributed by atoms with van der Waals surface area (Å²) in [5, 5.41) is 0. The van der Waals surface area contributed by atoms with Crippen LogP contribution in [0.2, 0.25) is 0 Å². The molecule has 3 nitrogen and oxygen atoms in total. The molecular weight excluding hydrogens is 281 g/mol. The SMILES string of the molecule is O=C(c1ccc(C(F)(F)F)nc1)N1CCc2ccccc21. The van der Waals surface area contributed by atoms with E-state index in [4.69, 9.17) is 0 Å². The number of aromatic nitrogens is 1. The molecule has 1 aliphatic rings. The van der Waals surface area contributed by atoms with Crippen molar-refractivity contribution in [2.45, 2.75) is 12.6 Å². The van der Waals surface area contributed by atoms with Crippen LogP contribution < -0.4 is 4.90 Å². The predicted octanol–water partition coefficient (Wildman–Crippen LogP) is 3.30. The van der Waals surface area contributed by atoms with E-state index in [1.807, 2.05) is 24.3 Å². The van der Waals surface area contributed by atoms with Gasteiger partial charge in [-0.1, -0.05) is 18.2 Å². The van der Waals surface area contributed by atoms with Gasteiger partial charge in [-0.15, -0.1) is 0 Å². The third-order valence-corrected chi connectivity index (χ3v) is 3.43. The van der Waals surface area contributed by atoms with E-state index in [0.29, 0.717) is 6.54 Å². The fourth-order valence-electron chi connectivity index (χ4n) is 2.39. The molecule has 1 aromatic carbocycles. The minimum absolute atomic E-state index is 0.153. The zero-order valence-corrected chi connectivity index (χ0v) is 10.9. The molecule has 0 spiro atoms. The molecule has 0 bridgehead atoms. The predicted molar refractivity (Wildman–Crippen MR) is 71.1 cm³/mol. The fraction of sp³-hybridized carbons (Fsp3) is 0.200. The van der Waals surface area contributed by atoms with Crippen LogP contribution in [0.25, 0.3) is 0 Å². The van der Waals surface area contributed by atoms with Gasteiger partial charge in [-0.3, -0.25) is 9.78 Å². The summed E-state index contributed by atoms with van der Waals surface area (Å²) in [5.41, 5.74) is 1.02. The number of hydrogen-bond acceptors (Lipinski definition) is 2. The lowest BCUT2D eigenvalue weighted by Crippen LogP contribution is -2.29. The van der Waals surface area contributed by atoms with Gasteiger partial charge in [0, 0.05) is 18.4 Å². The first-order chi connectivity index (χ1) is 9.97. The maximum Gasteiger partial charge on any atom is 0.433 e. The van der Waals surface area contributed by atoms with Gasteiger partial charge in [0.2, 0.25) is 0 Å². The monoisotopic (exact) mass is 292 g/mol. The van der Waals surface area contributed by atoms with Crippen molar-refractivity contribution in [2.75, 3.05) is 11.4 Å². The lowest BCUT2D eigenvalue weighted by molar-refractivity contribution is -0.141. The Labute approximate surface area is 119 Å². The molecule has 0 unspecified atom stereocenters. The lowest BCUT2D eigenvalue weighted by Gasteiger charge is -2.17. The standard InChI is InChI=1S/C15H11F3N2O/c16-15(17,18)13-6-5-11(9-19-13)14(21)20-8-7-10-3-1-2-4-12(10)20/h1-6,9H,7-8H2. The topological polar surface area (TPSA) is 33.2 Å². The smallest absolute Gasteiger partial charge is 0.308 e. The number of halogens is 3. The molecule has 1 aromatic heterocycles. The maximum absolute atomic E-state index is 12.5. The second kappa shape index (κ2) is 4.87. The fourth-order valence-corrected chi connectivity index (χ4v) is 2.39. The van der Waals surface area contributed by atoms with Gasteiger partial charge >= 0.3 is 6.18 Å². The van der Waals surface area contributed by atoms with Gasteiger partial charge < -0.3 is 4.90 Å². The molecule has 0 radical (unpaired) electrons. The van der Waals surface area contributed by atoms with Crippen molar-refractivity contribution < 1.29 is 18.0 Å². The minimum Gasteiger partial charge on any atom is -0.308 e. The molecule has 0 saturated carbocycles. The number of pyridine rings is 1. The number of carbonyl (C=O) groups excluding carboxylic acids is 1. The first kappa shape index (κ1) is 13.6. The van der Waals surface area contributed by atoms with Crippen molar-refractivity contribution in [3.8, 4) is 0 Å². The molecule has 2 heterocycles. The third-order valence-electron chi connectivity index (χ3n) is 3.43. The number of alkyl halides is 3. The number of anilines is 1. The second-order valence-electron chi connectivity index (χ2n) is 4.77.